The van der Waals surface area contributed by atoms with Crippen LogP contribution < -0.4 is 0 Å². The van der Waals surface area contributed by atoms with Gasteiger partial charge in [-0.05, 0) is 0 Å². The molecule has 0 radical (unpaired) electrons. The summed E-state index contributed by atoms with van der Waals surface area (Å²) in [4.78, 5) is 14.7. The van der Waals surface area contributed by atoms with Crippen LogP contribution in [0.25, 0.3) is 0 Å². The molecule has 4 heteroatoms. The van der Waals surface area contributed by atoms with E-state index in [9.17, 15) is 4.79 Å². The van der Waals surface area contributed by atoms with Crippen molar-refractivity contribution in [1.82, 2.24) is 3.28 Å². The minimum absolute atomic E-state index is 0.130. The number of hydrogen-bond donors (Lipinski definition) is 0. The van der Waals surface area contributed by atoms with E-state index in [1.165, 1.54) is 3.28 Å². The first-order valence-corrected chi connectivity index (χ1v) is 2.89. The van der Waals surface area contributed by atoms with Crippen LogP contribution >= 0.6 is 22.9 Å². The lowest BCUT2D eigenvalue weighted by atomic mass is 10.5. The van der Waals surface area contributed by atoms with E-state index < -0.39 is 0 Å². The molecule has 1 aliphatic rings. The Labute approximate surface area is 55.1 Å². The lowest BCUT2D eigenvalue weighted by molar-refractivity contribution is -0.151. The summed E-state index contributed by atoms with van der Waals surface area (Å²) in [6, 6.07) is 0. The van der Waals surface area contributed by atoms with Crippen LogP contribution in [-0.4, -0.2) is 15.8 Å². The predicted molar refractivity (Wildman–Crippen MR) is 31.4 cm³/mol. The van der Waals surface area contributed by atoms with Gasteiger partial charge < -0.3 is 4.84 Å². The molecule has 0 aromatic heterocycles. The molecular weight excluding hydrogens is 209 g/mol. The minimum Gasteiger partial charge on any atom is -0.358 e. The van der Waals surface area contributed by atoms with Crippen molar-refractivity contribution in [3.8, 4) is 0 Å². The van der Waals surface area contributed by atoms with Crippen LogP contribution in [0.2, 0.25) is 0 Å². The second-order valence-electron chi connectivity index (χ2n) is 1.25. The summed E-state index contributed by atoms with van der Waals surface area (Å²) < 4.78 is 1.50. The zero-order valence-corrected chi connectivity index (χ0v) is 5.71. The Kier molecular flexibility index (Phi) is 1.48. The Bertz CT molecular complexity index is 94.9. The van der Waals surface area contributed by atoms with Crippen LogP contribution in [0.15, 0.2) is 0 Å². The Morgan fingerprint density at radius 2 is 2.57 bits per heavy atom. The van der Waals surface area contributed by atoms with E-state index >= 15 is 0 Å². The third kappa shape index (κ3) is 1.27. The monoisotopic (exact) mass is 213 g/mol. The first-order chi connectivity index (χ1) is 3.29. The van der Waals surface area contributed by atoms with Crippen LogP contribution in [-0.2, 0) is 9.63 Å². The fourth-order valence-electron chi connectivity index (χ4n) is 0.381. The molecule has 1 rings (SSSR count). The molecule has 3 nitrogen and oxygen atoms in total. The van der Waals surface area contributed by atoms with E-state index in [1.807, 2.05) is 22.9 Å². The standard InChI is InChI=1S/C3H4INO2/c4-5-2-1-3(6)7-5/h1-2H2. The van der Waals surface area contributed by atoms with E-state index in [0.29, 0.717) is 6.42 Å². The summed E-state index contributed by atoms with van der Waals surface area (Å²) in [5, 5.41) is 0. The van der Waals surface area contributed by atoms with Gasteiger partial charge in [0.1, 0.15) is 0 Å². The maximum atomic E-state index is 10.2. The van der Waals surface area contributed by atoms with Gasteiger partial charge in [-0.1, -0.05) is 3.28 Å². The number of hydroxylamine groups is 1. The number of rotatable bonds is 0. The minimum atomic E-state index is -0.130. The molecule has 1 saturated heterocycles. The average Bonchev–Trinajstić information content (AvgIpc) is 1.87. The molecule has 0 saturated carbocycles. The van der Waals surface area contributed by atoms with Crippen molar-refractivity contribution < 1.29 is 9.63 Å². The van der Waals surface area contributed by atoms with Crippen molar-refractivity contribution in [2.45, 2.75) is 6.42 Å². The fraction of sp³-hybridized carbons (Fsp3) is 0.667. The summed E-state index contributed by atoms with van der Waals surface area (Å²) in [6.45, 7) is 0.722. The van der Waals surface area contributed by atoms with Crippen molar-refractivity contribution in [3.63, 3.8) is 0 Å². The highest BCUT2D eigenvalue weighted by Crippen LogP contribution is 2.09. The molecular formula is C3H4INO2. The zero-order chi connectivity index (χ0) is 5.28. The Morgan fingerprint density at radius 3 is 2.71 bits per heavy atom. The molecule has 40 valence electrons. The second kappa shape index (κ2) is 1.95. The third-order valence-corrected chi connectivity index (χ3v) is 1.37. The summed E-state index contributed by atoms with van der Waals surface area (Å²) in [5.74, 6) is -0.130. The van der Waals surface area contributed by atoms with Crippen LogP contribution in [0.3, 0.4) is 0 Å². The summed E-state index contributed by atoms with van der Waals surface area (Å²) in [5.41, 5.74) is 0. The maximum Gasteiger partial charge on any atom is 0.327 e. The Hall–Kier alpha value is 0.160. The number of carbonyl (C=O) groups excluding carboxylic acids is 1. The number of carbonyl (C=O) groups is 1. The number of halogens is 1. The molecule has 0 amide bonds. The summed E-state index contributed by atoms with van der Waals surface area (Å²) >= 11 is 1.94. The largest absolute Gasteiger partial charge is 0.358 e. The second-order valence-corrected chi connectivity index (χ2v) is 2.33. The van der Waals surface area contributed by atoms with Gasteiger partial charge in [-0.25, -0.2) is 0 Å². The van der Waals surface area contributed by atoms with Crippen LogP contribution in [0.1, 0.15) is 6.42 Å². The van der Waals surface area contributed by atoms with E-state index in [-0.39, 0.29) is 5.97 Å². The normalized spacial score (nSPS) is 22.7. The summed E-state index contributed by atoms with van der Waals surface area (Å²) in [7, 11) is 0. The van der Waals surface area contributed by atoms with Crippen LogP contribution in [0.5, 0.6) is 0 Å². The van der Waals surface area contributed by atoms with Crippen molar-refractivity contribution in [1.29, 1.82) is 0 Å². The summed E-state index contributed by atoms with van der Waals surface area (Å²) in [6.07, 6.45) is 0.531. The van der Waals surface area contributed by atoms with E-state index in [0.717, 1.165) is 6.54 Å². The fourth-order valence-corrected chi connectivity index (χ4v) is 0.842. The average molecular weight is 213 g/mol. The van der Waals surface area contributed by atoms with Crippen molar-refractivity contribution >= 4 is 28.8 Å². The highest BCUT2D eigenvalue weighted by Gasteiger charge is 2.17. The van der Waals surface area contributed by atoms with E-state index in [1.54, 1.807) is 0 Å². The van der Waals surface area contributed by atoms with Gasteiger partial charge in [0, 0.05) is 0 Å². The first kappa shape index (κ1) is 5.30. The van der Waals surface area contributed by atoms with Gasteiger partial charge >= 0.3 is 5.97 Å². The Balaban J connectivity index is 2.40. The van der Waals surface area contributed by atoms with Crippen LogP contribution in [0, 0.1) is 0 Å². The molecule has 1 fully saturated rings. The van der Waals surface area contributed by atoms with Gasteiger partial charge in [0.25, 0.3) is 0 Å². The molecule has 0 aromatic rings. The first-order valence-electron chi connectivity index (χ1n) is 1.93. The van der Waals surface area contributed by atoms with Gasteiger partial charge in [0.15, 0.2) is 0 Å². The van der Waals surface area contributed by atoms with Crippen molar-refractivity contribution in [3.05, 3.63) is 0 Å². The third-order valence-electron chi connectivity index (χ3n) is 0.693. The molecule has 0 aliphatic carbocycles. The van der Waals surface area contributed by atoms with Gasteiger partial charge in [-0.2, -0.15) is 0 Å². The molecule has 0 spiro atoms. The van der Waals surface area contributed by atoms with E-state index in [4.69, 9.17) is 0 Å². The molecule has 1 heterocycles. The van der Waals surface area contributed by atoms with Gasteiger partial charge in [-0.3, -0.25) is 4.79 Å². The molecule has 0 atom stereocenters. The molecule has 1 aliphatic heterocycles. The molecule has 0 aromatic carbocycles. The van der Waals surface area contributed by atoms with E-state index in [2.05, 4.69) is 4.84 Å². The van der Waals surface area contributed by atoms with Crippen LogP contribution in [0.4, 0.5) is 0 Å². The molecule has 7 heavy (non-hydrogen) atoms. The quantitative estimate of drug-likeness (QED) is 0.433. The predicted octanol–water partition coefficient (Wildman–Crippen LogP) is 0.500. The van der Waals surface area contributed by atoms with Gasteiger partial charge in [0.2, 0.25) is 0 Å². The molecule has 0 N–H and O–H groups in total. The number of nitrogens with zero attached hydrogens (tertiary/aromatic N) is 1. The van der Waals surface area contributed by atoms with Gasteiger partial charge in [0.05, 0.1) is 35.8 Å². The highest BCUT2D eigenvalue weighted by atomic mass is 127. The SMILES string of the molecule is O=C1CCN(I)O1. The molecule has 0 unspecified atom stereocenters. The lowest BCUT2D eigenvalue weighted by Gasteiger charge is -1.97. The topological polar surface area (TPSA) is 29.5 Å². The van der Waals surface area contributed by atoms with Crippen molar-refractivity contribution in [2.75, 3.05) is 6.54 Å². The zero-order valence-electron chi connectivity index (χ0n) is 3.56. The Morgan fingerprint density at radius 1 is 1.86 bits per heavy atom. The lowest BCUT2D eigenvalue weighted by Crippen LogP contribution is -2.01. The van der Waals surface area contributed by atoms with Gasteiger partial charge in [-0.15, -0.1) is 0 Å². The smallest absolute Gasteiger partial charge is 0.327 e. The molecule has 0 bridgehead atoms. The van der Waals surface area contributed by atoms with Crippen molar-refractivity contribution in [2.24, 2.45) is 0 Å². The maximum absolute atomic E-state index is 10.2. The highest BCUT2D eigenvalue weighted by molar-refractivity contribution is 14.1. The number of hydrogen-bond acceptors (Lipinski definition) is 3.